The molecule has 186 valence electrons. The van der Waals surface area contributed by atoms with Gasteiger partial charge in [0.05, 0.1) is 17.5 Å². The van der Waals surface area contributed by atoms with Crippen LogP contribution in [0.5, 0.6) is 5.75 Å². The maximum atomic E-state index is 13.9. The molecule has 37 heavy (non-hydrogen) atoms. The lowest BCUT2D eigenvalue weighted by Gasteiger charge is -2.42. The number of aromatic hydroxyl groups is 1. The Bertz CT molecular complexity index is 1520. The molecule has 1 saturated heterocycles. The highest BCUT2D eigenvalue weighted by molar-refractivity contribution is 14.1. The van der Waals surface area contributed by atoms with Crippen LogP contribution < -0.4 is 4.90 Å². The number of Topliss-reactive ketones (excluding diaryl/α,β-unsaturated/α-hetero) is 1. The van der Waals surface area contributed by atoms with Gasteiger partial charge in [-0.2, -0.15) is 0 Å². The van der Waals surface area contributed by atoms with Crippen molar-refractivity contribution >= 4 is 67.6 Å². The quantitative estimate of drug-likeness (QED) is 0.200. The number of ketones is 2. The van der Waals surface area contributed by atoms with Crippen molar-refractivity contribution in [2.45, 2.75) is 25.7 Å². The molecule has 1 N–H and O–H groups in total. The van der Waals surface area contributed by atoms with Crippen LogP contribution in [0.1, 0.15) is 31.2 Å². The van der Waals surface area contributed by atoms with Crippen LogP contribution in [0, 0.1) is 21.3 Å². The number of phenolic OH excluding ortho intramolecular Hbond substituents is 1. The first-order valence-electron chi connectivity index (χ1n) is 12.0. The van der Waals surface area contributed by atoms with Gasteiger partial charge < -0.3 is 5.11 Å². The van der Waals surface area contributed by atoms with Crippen LogP contribution in [-0.2, 0) is 19.2 Å². The zero-order valence-electron chi connectivity index (χ0n) is 19.7. The minimum absolute atomic E-state index is 0.00511. The normalized spacial score (nSPS) is 27.1. The number of benzene rings is 2. The lowest BCUT2D eigenvalue weighted by Crippen LogP contribution is -2.39. The largest absolute Gasteiger partial charge is 0.508 e. The van der Waals surface area contributed by atoms with Crippen LogP contribution in [0.2, 0.25) is 0 Å². The molecule has 2 aromatic carbocycles. The second-order valence-corrected chi connectivity index (χ2v) is 12.1. The maximum Gasteiger partial charge on any atom is 0.238 e. The van der Waals surface area contributed by atoms with E-state index < -0.39 is 23.7 Å². The monoisotopic (exact) mass is 669 g/mol. The molecule has 1 fully saturated rings. The first kappa shape index (κ1) is 24.5. The highest BCUT2D eigenvalue weighted by Gasteiger charge is 2.56. The molecule has 0 saturated carbocycles. The third-order valence-electron chi connectivity index (χ3n) is 7.95. The minimum Gasteiger partial charge on any atom is -0.508 e. The summed E-state index contributed by atoms with van der Waals surface area (Å²) in [5.41, 5.74) is 2.94. The second kappa shape index (κ2) is 8.87. The Morgan fingerprint density at radius 3 is 2.46 bits per heavy atom. The fourth-order valence-corrected chi connectivity index (χ4v) is 7.06. The Kier molecular flexibility index (Phi) is 5.87. The van der Waals surface area contributed by atoms with Crippen molar-refractivity contribution in [2.24, 2.45) is 17.8 Å². The van der Waals surface area contributed by atoms with E-state index in [0.29, 0.717) is 34.4 Å². The lowest BCUT2D eigenvalue weighted by atomic mass is 9.59. The Morgan fingerprint density at radius 2 is 1.73 bits per heavy atom. The average molecular weight is 670 g/mol. The Balaban J connectivity index is 1.50. The third kappa shape index (κ3) is 3.71. The fourth-order valence-electron chi connectivity index (χ4n) is 6.32. The van der Waals surface area contributed by atoms with Crippen LogP contribution in [-0.4, -0.2) is 28.5 Å². The van der Waals surface area contributed by atoms with Crippen LogP contribution in [0.4, 0.5) is 5.69 Å². The Labute approximate surface area is 235 Å². The van der Waals surface area contributed by atoms with Gasteiger partial charge >= 0.3 is 0 Å². The first-order chi connectivity index (χ1) is 17.7. The van der Waals surface area contributed by atoms with Gasteiger partial charge in [-0.05, 0) is 96.8 Å². The molecular formula is C29H21BrINO5. The highest BCUT2D eigenvalue weighted by atomic mass is 127. The number of nitrogens with zero attached hydrogens (tertiary/aromatic N) is 1. The summed E-state index contributed by atoms with van der Waals surface area (Å²) in [4.78, 5) is 55.3. The summed E-state index contributed by atoms with van der Waals surface area (Å²) >= 11 is 5.64. The van der Waals surface area contributed by atoms with Crippen LogP contribution in [0.3, 0.4) is 0 Å². The van der Waals surface area contributed by atoms with Crippen LogP contribution in [0.25, 0.3) is 0 Å². The first-order valence-corrected chi connectivity index (χ1v) is 13.9. The predicted octanol–water partition coefficient (Wildman–Crippen LogP) is 5.39. The number of rotatable bonds is 2. The van der Waals surface area contributed by atoms with Crippen LogP contribution in [0.15, 0.2) is 81.4 Å². The molecule has 1 heterocycles. The smallest absolute Gasteiger partial charge is 0.238 e. The number of allylic oxidation sites excluding steroid dienone is 6. The van der Waals surface area contributed by atoms with E-state index in [1.54, 1.807) is 37.3 Å². The number of phenols is 1. The van der Waals surface area contributed by atoms with Gasteiger partial charge in [-0.3, -0.25) is 24.1 Å². The summed E-state index contributed by atoms with van der Waals surface area (Å²) in [5.74, 6) is -3.29. The average Bonchev–Trinajstić information content (AvgIpc) is 3.13. The fraction of sp³-hybridized carbons (Fsp3) is 0.241. The predicted molar refractivity (Wildman–Crippen MR) is 149 cm³/mol. The van der Waals surface area contributed by atoms with E-state index in [1.807, 2.05) is 18.2 Å². The van der Waals surface area contributed by atoms with E-state index in [0.717, 1.165) is 13.6 Å². The molecule has 6 rings (SSSR count). The molecule has 1 aliphatic heterocycles. The van der Waals surface area contributed by atoms with Gasteiger partial charge in [0.15, 0.2) is 11.6 Å². The summed E-state index contributed by atoms with van der Waals surface area (Å²) in [7, 11) is 0. The molecule has 0 unspecified atom stereocenters. The molecule has 0 spiro atoms. The summed E-state index contributed by atoms with van der Waals surface area (Å²) < 4.78 is 1.71. The van der Waals surface area contributed by atoms with Crippen molar-refractivity contribution in [2.75, 3.05) is 4.90 Å². The maximum absolute atomic E-state index is 13.9. The van der Waals surface area contributed by atoms with Gasteiger partial charge in [0, 0.05) is 36.2 Å². The van der Waals surface area contributed by atoms with Gasteiger partial charge in [-0.15, -0.1) is 0 Å². The molecule has 0 aromatic heterocycles. The lowest BCUT2D eigenvalue weighted by molar-refractivity contribution is -0.123. The Morgan fingerprint density at radius 1 is 1.00 bits per heavy atom. The molecule has 8 heteroatoms. The van der Waals surface area contributed by atoms with Gasteiger partial charge in [-0.25, -0.2) is 0 Å². The van der Waals surface area contributed by atoms with E-state index >= 15 is 0 Å². The van der Waals surface area contributed by atoms with Crippen LogP contribution >= 0.6 is 38.5 Å². The molecule has 4 aliphatic rings. The number of halogens is 2. The molecule has 2 amide bonds. The van der Waals surface area contributed by atoms with Crippen molar-refractivity contribution in [1.29, 1.82) is 0 Å². The van der Waals surface area contributed by atoms with Gasteiger partial charge in [0.1, 0.15) is 5.75 Å². The van der Waals surface area contributed by atoms with E-state index in [4.69, 9.17) is 0 Å². The van der Waals surface area contributed by atoms with Crippen molar-refractivity contribution in [3.05, 3.63) is 90.5 Å². The summed E-state index contributed by atoms with van der Waals surface area (Å²) in [6.45, 7) is 1.62. The zero-order chi connectivity index (χ0) is 26.2. The molecule has 3 aliphatic carbocycles. The zero-order valence-corrected chi connectivity index (χ0v) is 23.4. The van der Waals surface area contributed by atoms with Gasteiger partial charge in [-0.1, -0.05) is 27.6 Å². The molecule has 4 atom stereocenters. The number of carbonyl (C=O) groups excluding carboxylic acids is 4. The van der Waals surface area contributed by atoms with Crippen molar-refractivity contribution in [1.82, 2.24) is 0 Å². The number of amides is 2. The number of anilines is 1. The number of imide groups is 1. The number of hydrogen-bond acceptors (Lipinski definition) is 5. The summed E-state index contributed by atoms with van der Waals surface area (Å²) in [5, 5.41) is 10.9. The standard InChI is InChI=1S/C29H21BrINO5/c1-13-10-23(34)21-12-19-17(24(26(21)27(13)35)20-11-14(30)2-9-22(20)33)7-8-18-25(19)29(37)32(28(18)36)16-5-3-15(31)4-6-16/h2-7,9-11,18-19,24-25,33H,8,12H2,1H3/t18-,19+,24+,25-/m0/s1. The molecular weight excluding hydrogens is 649 g/mol. The SMILES string of the molecule is CC1=CC(=O)C2=C(C1=O)[C@@H](c1cc(Br)ccc1O)C1=CC[C@@H]3C(=O)N(c4ccc(I)cc4)C(=O)[C@@H]3[C@@H]1C2. The summed E-state index contributed by atoms with van der Waals surface area (Å²) in [6.07, 6.45) is 3.87. The second-order valence-electron chi connectivity index (χ2n) is 9.92. The summed E-state index contributed by atoms with van der Waals surface area (Å²) in [6, 6.07) is 12.3. The number of carbonyl (C=O) groups is 4. The van der Waals surface area contributed by atoms with E-state index in [1.165, 1.54) is 11.0 Å². The number of hydrogen-bond donors (Lipinski definition) is 1. The molecule has 0 radical (unpaired) electrons. The minimum atomic E-state index is -0.678. The molecule has 0 bridgehead atoms. The van der Waals surface area contributed by atoms with E-state index in [9.17, 15) is 24.3 Å². The van der Waals surface area contributed by atoms with Crippen molar-refractivity contribution in [3.63, 3.8) is 0 Å². The topological polar surface area (TPSA) is 91.8 Å². The van der Waals surface area contributed by atoms with Crippen molar-refractivity contribution in [3.8, 4) is 5.75 Å². The Hall–Kier alpha value is -2.85. The van der Waals surface area contributed by atoms with E-state index in [-0.39, 0.29) is 35.6 Å². The molecule has 2 aromatic rings. The van der Waals surface area contributed by atoms with Crippen molar-refractivity contribution < 1.29 is 24.3 Å². The number of fused-ring (bicyclic) bond motifs is 3. The van der Waals surface area contributed by atoms with Gasteiger partial charge in [0.25, 0.3) is 0 Å². The highest BCUT2D eigenvalue weighted by Crippen LogP contribution is 2.56. The third-order valence-corrected chi connectivity index (χ3v) is 9.16. The van der Waals surface area contributed by atoms with Gasteiger partial charge in [0.2, 0.25) is 11.8 Å². The van der Waals surface area contributed by atoms with E-state index in [2.05, 4.69) is 38.5 Å². The molecule has 6 nitrogen and oxygen atoms in total.